The minimum Gasteiger partial charge on any atom is -0.326 e. The number of hydrogen-bond acceptors (Lipinski definition) is 2. The Morgan fingerprint density at radius 2 is 1.76 bits per heavy atom. The Balaban J connectivity index is 2.68. The highest BCUT2D eigenvalue weighted by molar-refractivity contribution is 7.79. The van der Waals surface area contributed by atoms with Gasteiger partial charge < -0.3 is 5.73 Å². The molecule has 0 heterocycles. The van der Waals surface area contributed by atoms with E-state index in [0.717, 1.165) is 22.3 Å². The van der Waals surface area contributed by atoms with Gasteiger partial charge in [-0.25, -0.2) is 0 Å². The van der Waals surface area contributed by atoms with Gasteiger partial charge >= 0.3 is 0 Å². The first-order chi connectivity index (χ1) is 8.27. The topological polar surface area (TPSA) is 26.0 Å². The molecule has 0 saturated heterocycles. The van der Waals surface area contributed by atoms with Crippen LogP contribution in [0.5, 0.6) is 0 Å². The van der Waals surface area contributed by atoms with Crippen LogP contribution in [-0.4, -0.2) is 5.37 Å². The van der Waals surface area contributed by atoms with Crippen molar-refractivity contribution in [3.63, 3.8) is 0 Å². The average molecular weight is 262 g/mol. The lowest BCUT2D eigenvalue weighted by Gasteiger charge is -2.12. The summed E-state index contributed by atoms with van der Waals surface area (Å²) in [6.07, 6.45) is 0. The van der Waals surface area contributed by atoms with Crippen LogP contribution in [0.25, 0.3) is 11.1 Å². The van der Waals surface area contributed by atoms with Gasteiger partial charge in [0.15, 0.2) is 0 Å². The van der Waals surface area contributed by atoms with Gasteiger partial charge in [0.25, 0.3) is 0 Å². The number of benzene rings is 2. The van der Waals surface area contributed by atoms with E-state index in [0.29, 0.717) is 11.6 Å². The van der Waals surface area contributed by atoms with Gasteiger partial charge in [-0.05, 0) is 28.3 Å². The van der Waals surface area contributed by atoms with Crippen molar-refractivity contribution in [3.05, 3.63) is 58.6 Å². The van der Waals surface area contributed by atoms with Gasteiger partial charge in [0.2, 0.25) is 0 Å². The van der Waals surface area contributed by atoms with Crippen molar-refractivity contribution in [1.82, 2.24) is 0 Å². The third-order valence-electron chi connectivity index (χ3n) is 2.70. The molecule has 86 valence electrons. The summed E-state index contributed by atoms with van der Waals surface area (Å²) in [5.74, 6) is 0. The first-order valence-electron chi connectivity index (χ1n) is 5.30. The van der Waals surface area contributed by atoms with Crippen LogP contribution in [0.2, 0.25) is 5.02 Å². The molecule has 3 heteroatoms. The number of rotatable bonds is 3. The Morgan fingerprint density at radius 1 is 1.06 bits per heavy atom. The SMILES string of the molecule is NCc1c(Cl)cccc1-c1ccccc1C=S. The molecule has 0 spiro atoms. The molecule has 0 aliphatic heterocycles. The monoisotopic (exact) mass is 261 g/mol. The zero-order chi connectivity index (χ0) is 12.3. The molecular formula is C14H12ClNS. The lowest BCUT2D eigenvalue weighted by molar-refractivity contribution is 1.07. The maximum Gasteiger partial charge on any atom is 0.0457 e. The van der Waals surface area contributed by atoms with Crippen LogP contribution in [0.1, 0.15) is 11.1 Å². The Morgan fingerprint density at radius 3 is 2.47 bits per heavy atom. The van der Waals surface area contributed by atoms with Crippen LogP contribution in [0, 0.1) is 0 Å². The molecule has 1 nitrogen and oxygen atoms in total. The highest BCUT2D eigenvalue weighted by Crippen LogP contribution is 2.30. The Hall–Kier alpha value is -1.22. The number of hydrogen-bond donors (Lipinski definition) is 1. The van der Waals surface area contributed by atoms with E-state index in [2.05, 4.69) is 0 Å². The smallest absolute Gasteiger partial charge is 0.0457 e. The summed E-state index contributed by atoms with van der Waals surface area (Å²) < 4.78 is 0. The zero-order valence-corrected chi connectivity index (χ0v) is 10.8. The maximum absolute atomic E-state index is 6.16. The first kappa shape index (κ1) is 12.2. The molecule has 0 aliphatic carbocycles. The standard InChI is InChI=1S/C14H12ClNS/c15-14-7-3-6-12(13(14)8-16)11-5-2-1-4-10(11)9-17/h1-7,9H,8,16H2. The fraction of sp³-hybridized carbons (Fsp3) is 0.0714. The highest BCUT2D eigenvalue weighted by Gasteiger charge is 2.09. The number of halogens is 1. The second kappa shape index (κ2) is 5.41. The normalized spacial score (nSPS) is 10.2. The summed E-state index contributed by atoms with van der Waals surface area (Å²) in [5, 5.41) is 2.38. The highest BCUT2D eigenvalue weighted by atomic mass is 35.5. The molecule has 0 aromatic heterocycles. The Bertz CT molecular complexity index is 552. The van der Waals surface area contributed by atoms with Crippen molar-refractivity contribution in [2.24, 2.45) is 5.73 Å². The molecule has 2 aromatic rings. The summed E-state index contributed by atoms with van der Waals surface area (Å²) in [6.45, 7) is 0.417. The van der Waals surface area contributed by atoms with Gasteiger partial charge in [-0.1, -0.05) is 60.2 Å². The van der Waals surface area contributed by atoms with Crippen molar-refractivity contribution in [1.29, 1.82) is 0 Å². The summed E-state index contributed by atoms with van der Waals surface area (Å²) >= 11 is 11.2. The van der Waals surface area contributed by atoms with Gasteiger partial charge in [-0.3, -0.25) is 0 Å². The molecular weight excluding hydrogens is 250 g/mol. The van der Waals surface area contributed by atoms with Crippen molar-refractivity contribution in [2.75, 3.05) is 0 Å². The van der Waals surface area contributed by atoms with E-state index in [1.54, 1.807) is 5.37 Å². The second-order valence-electron chi connectivity index (χ2n) is 3.68. The van der Waals surface area contributed by atoms with Crippen molar-refractivity contribution >= 4 is 29.2 Å². The summed E-state index contributed by atoms with van der Waals surface area (Å²) in [4.78, 5) is 0. The summed E-state index contributed by atoms with van der Waals surface area (Å²) in [5.41, 5.74) is 9.86. The molecule has 0 fully saturated rings. The van der Waals surface area contributed by atoms with Crippen LogP contribution in [-0.2, 0) is 6.54 Å². The quantitative estimate of drug-likeness (QED) is 0.851. The molecule has 2 aromatic carbocycles. The second-order valence-corrected chi connectivity index (χ2v) is 4.32. The van der Waals surface area contributed by atoms with Gasteiger partial charge in [-0.2, -0.15) is 0 Å². The predicted molar refractivity (Wildman–Crippen MR) is 77.5 cm³/mol. The van der Waals surface area contributed by atoms with Gasteiger partial charge in [0.1, 0.15) is 0 Å². The molecule has 0 aliphatic rings. The third kappa shape index (κ3) is 2.39. The fourth-order valence-electron chi connectivity index (χ4n) is 1.86. The van der Waals surface area contributed by atoms with Gasteiger partial charge in [0.05, 0.1) is 0 Å². The van der Waals surface area contributed by atoms with Gasteiger partial charge in [-0.15, -0.1) is 0 Å². The third-order valence-corrected chi connectivity index (χ3v) is 3.31. The summed E-state index contributed by atoms with van der Waals surface area (Å²) in [7, 11) is 0. The van der Waals surface area contributed by atoms with E-state index in [9.17, 15) is 0 Å². The molecule has 0 atom stereocenters. The molecule has 0 bridgehead atoms. The largest absolute Gasteiger partial charge is 0.326 e. The van der Waals surface area contributed by atoms with Crippen molar-refractivity contribution < 1.29 is 0 Å². The average Bonchev–Trinajstić information content (AvgIpc) is 2.38. The van der Waals surface area contributed by atoms with Crippen LogP contribution >= 0.6 is 23.8 Å². The van der Waals surface area contributed by atoms with E-state index in [1.807, 2.05) is 42.5 Å². The van der Waals surface area contributed by atoms with E-state index in [1.165, 1.54) is 0 Å². The number of nitrogens with two attached hydrogens (primary N) is 1. The zero-order valence-electron chi connectivity index (χ0n) is 9.19. The molecule has 0 unspecified atom stereocenters. The summed E-state index contributed by atoms with van der Waals surface area (Å²) in [6, 6.07) is 13.8. The van der Waals surface area contributed by atoms with E-state index in [4.69, 9.17) is 29.6 Å². The Kier molecular flexibility index (Phi) is 3.89. The van der Waals surface area contributed by atoms with Crippen LogP contribution in [0.3, 0.4) is 0 Å². The first-order valence-corrected chi connectivity index (χ1v) is 6.15. The molecule has 2 N–H and O–H groups in total. The van der Waals surface area contributed by atoms with Crippen LogP contribution in [0.4, 0.5) is 0 Å². The molecule has 0 saturated carbocycles. The lowest BCUT2D eigenvalue weighted by Crippen LogP contribution is -2.01. The molecule has 2 rings (SSSR count). The van der Waals surface area contributed by atoms with Crippen LogP contribution in [0.15, 0.2) is 42.5 Å². The lowest BCUT2D eigenvalue weighted by atomic mass is 9.96. The molecule has 17 heavy (non-hydrogen) atoms. The van der Waals surface area contributed by atoms with Crippen molar-refractivity contribution in [3.8, 4) is 11.1 Å². The minimum atomic E-state index is 0.417. The Labute approximate surface area is 111 Å². The minimum absolute atomic E-state index is 0.417. The van der Waals surface area contributed by atoms with Crippen molar-refractivity contribution in [2.45, 2.75) is 6.54 Å². The fourth-order valence-corrected chi connectivity index (χ4v) is 2.32. The van der Waals surface area contributed by atoms with E-state index in [-0.39, 0.29) is 0 Å². The van der Waals surface area contributed by atoms with E-state index >= 15 is 0 Å². The van der Waals surface area contributed by atoms with E-state index < -0.39 is 0 Å². The maximum atomic E-state index is 6.16. The molecule has 0 amide bonds. The predicted octanol–water partition coefficient (Wildman–Crippen LogP) is 3.81. The van der Waals surface area contributed by atoms with Crippen LogP contribution < -0.4 is 5.73 Å². The number of thiocarbonyl (C=S) groups is 1. The van der Waals surface area contributed by atoms with Gasteiger partial charge in [0, 0.05) is 16.9 Å². The molecule has 0 radical (unpaired) electrons.